The third-order valence-corrected chi connectivity index (χ3v) is 2.82. The molecule has 1 aliphatic rings. The molecule has 2 rings (SSSR count). The molecule has 1 aromatic heterocycles. The first kappa shape index (κ1) is 10.9. The molecule has 1 heterocycles. The fourth-order valence-corrected chi connectivity index (χ4v) is 2.00. The number of hydrogen-bond donors (Lipinski definition) is 1. The van der Waals surface area contributed by atoms with Gasteiger partial charge in [-0.05, 0) is 25.3 Å². The second-order valence-corrected chi connectivity index (χ2v) is 3.92. The second-order valence-electron chi connectivity index (χ2n) is 3.92. The van der Waals surface area contributed by atoms with E-state index in [1.54, 1.807) is 18.5 Å². The summed E-state index contributed by atoms with van der Waals surface area (Å²) in [6, 6.07) is 1.96. The van der Waals surface area contributed by atoms with Crippen molar-refractivity contribution in [3.63, 3.8) is 0 Å². The predicted molar refractivity (Wildman–Crippen MR) is 56.0 cm³/mol. The Balaban J connectivity index is 2.04. The maximum atomic E-state index is 11.0. The third kappa shape index (κ3) is 2.48. The lowest BCUT2D eigenvalue weighted by molar-refractivity contribution is -0.146. The molecule has 0 aromatic carbocycles. The standard InChI is InChI=1S/C11H14N2O3/c14-10(15)8-4-1-2-5-9(8)16-11-12-6-3-7-13-11/h3,6-9H,1-2,4-5H2,(H,14,15). The highest BCUT2D eigenvalue weighted by molar-refractivity contribution is 5.70. The molecule has 1 fully saturated rings. The van der Waals surface area contributed by atoms with Gasteiger partial charge in [0.05, 0.1) is 5.92 Å². The van der Waals surface area contributed by atoms with Gasteiger partial charge in [-0.2, -0.15) is 0 Å². The van der Waals surface area contributed by atoms with Crippen molar-refractivity contribution in [2.75, 3.05) is 0 Å². The number of rotatable bonds is 3. The molecule has 0 radical (unpaired) electrons. The topological polar surface area (TPSA) is 72.3 Å². The lowest BCUT2D eigenvalue weighted by Crippen LogP contribution is -2.36. The zero-order valence-corrected chi connectivity index (χ0v) is 8.87. The van der Waals surface area contributed by atoms with Crippen molar-refractivity contribution in [1.82, 2.24) is 9.97 Å². The van der Waals surface area contributed by atoms with Crippen LogP contribution in [0.2, 0.25) is 0 Å². The first-order chi connectivity index (χ1) is 7.77. The Labute approximate surface area is 93.5 Å². The normalized spacial score (nSPS) is 25.0. The van der Waals surface area contributed by atoms with E-state index in [1.807, 2.05) is 0 Å². The number of hydrogen-bond acceptors (Lipinski definition) is 4. The minimum atomic E-state index is -0.791. The molecule has 0 bridgehead atoms. The van der Waals surface area contributed by atoms with E-state index in [0.717, 1.165) is 19.3 Å². The Morgan fingerprint density at radius 2 is 2.00 bits per heavy atom. The van der Waals surface area contributed by atoms with Gasteiger partial charge in [0.2, 0.25) is 0 Å². The molecule has 0 spiro atoms. The summed E-state index contributed by atoms with van der Waals surface area (Å²) < 4.78 is 5.53. The third-order valence-electron chi connectivity index (χ3n) is 2.82. The van der Waals surface area contributed by atoms with Crippen LogP contribution in [0.4, 0.5) is 0 Å². The predicted octanol–water partition coefficient (Wildman–Crippen LogP) is 1.50. The summed E-state index contributed by atoms with van der Waals surface area (Å²) in [7, 11) is 0. The summed E-state index contributed by atoms with van der Waals surface area (Å²) in [6.45, 7) is 0. The van der Waals surface area contributed by atoms with Crippen LogP contribution in [-0.4, -0.2) is 27.1 Å². The van der Waals surface area contributed by atoms with Crippen LogP contribution in [0.15, 0.2) is 18.5 Å². The fraction of sp³-hybridized carbons (Fsp3) is 0.545. The molecule has 0 amide bonds. The summed E-state index contributed by atoms with van der Waals surface area (Å²) in [6.07, 6.45) is 6.26. The van der Waals surface area contributed by atoms with Crippen LogP contribution in [0.3, 0.4) is 0 Å². The molecule has 86 valence electrons. The Hall–Kier alpha value is -1.65. The Morgan fingerprint density at radius 3 is 2.69 bits per heavy atom. The van der Waals surface area contributed by atoms with Gasteiger partial charge in [-0.3, -0.25) is 4.79 Å². The largest absolute Gasteiger partial charge is 0.481 e. The minimum Gasteiger partial charge on any atom is -0.481 e. The van der Waals surface area contributed by atoms with E-state index in [2.05, 4.69) is 9.97 Å². The number of aromatic nitrogens is 2. The van der Waals surface area contributed by atoms with Gasteiger partial charge in [-0.1, -0.05) is 6.42 Å². The zero-order chi connectivity index (χ0) is 11.4. The second kappa shape index (κ2) is 4.92. The SMILES string of the molecule is O=C(O)C1CCCCC1Oc1ncccn1. The van der Waals surface area contributed by atoms with Crippen molar-refractivity contribution in [2.45, 2.75) is 31.8 Å². The lowest BCUT2D eigenvalue weighted by Gasteiger charge is -2.27. The van der Waals surface area contributed by atoms with Crippen molar-refractivity contribution < 1.29 is 14.6 Å². The lowest BCUT2D eigenvalue weighted by atomic mass is 9.86. The molecule has 1 saturated carbocycles. The monoisotopic (exact) mass is 222 g/mol. The maximum absolute atomic E-state index is 11.0. The van der Waals surface area contributed by atoms with Crippen molar-refractivity contribution in [3.05, 3.63) is 18.5 Å². The number of carbonyl (C=O) groups is 1. The maximum Gasteiger partial charge on any atom is 0.316 e. The van der Waals surface area contributed by atoms with Gasteiger partial charge >= 0.3 is 12.0 Å². The van der Waals surface area contributed by atoms with Gasteiger partial charge in [0.15, 0.2) is 0 Å². The van der Waals surface area contributed by atoms with Gasteiger partial charge in [0.25, 0.3) is 0 Å². The number of nitrogens with zero attached hydrogens (tertiary/aromatic N) is 2. The molecule has 2 unspecified atom stereocenters. The Bertz CT molecular complexity index is 356. The fourth-order valence-electron chi connectivity index (χ4n) is 2.00. The van der Waals surface area contributed by atoms with Gasteiger partial charge in [0, 0.05) is 12.4 Å². The van der Waals surface area contributed by atoms with Crippen LogP contribution >= 0.6 is 0 Å². The first-order valence-corrected chi connectivity index (χ1v) is 5.44. The molecule has 5 nitrogen and oxygen atoms in total. The van der Waals surface area contributed by atoms with Crippen LogP contribution in [-0.2, 0) is 4.79 Å². The first-order valence-electron chi connectivity index (χ1n) is 5.44. The van der Waals surface area contributed by atoms with Crippen molar-refractivity contribution in [1.29, 1.82) is 0 Å². The molecule has 0 saturated heterocycles. The molecule has 0 aliphatic heterocycles. The number of ether oxygens (including phenoxy) is 1. The zero-order valence-electron chi connectivity index (χ0n) is 8.87. The smallest absolute Gasteiger partial charge is 0.316 e. The molecular formula is C11H14N2O3. The molecule has 2 atom stereocenters. The van der Waals surface area contributed by atoms with Gasteiger partial charge in [-0.25, -0.2) is 9.97 Å². The number of carboxylic acid groups (broad SMARTS) is 1. The highest BCUT2D eigenvalue weighted by atomic mass is 16.5. The summed E-state index contributed by atoms with van der Waals surface area (Å²) >= 11 is 0. The highest BCUT2D eigenvalue weighted by Gasteiger charge is 2.32. The molecule has 1 aliphatic carbocycles. The quantitative estimate of drug-likeness (QED) is 0.839. The van der Waals surface area contributed by atoms with Crippen LogP contribution in [0, 0.1) is 5.92 Å². The van der Waals surface area contributed by atoms with E-state index in [4.69, 9.17) is 9.84 Å². The van der Waals surface area contributed by atoms with Gasteiger partial charge < -0.3 is 9.84 Å². The number of aliphatic carboxylic acids is 1. The minimum absolute atomic E-state index is 0.264. The van der Waals surface area contributed by atoms with E-state index in [9.17, 15) is 4.79 Å². The summed E-state index contributed by atoms with van der Waals surface area (Å²) in [5, 5.41) is 9.07. The van der Waals surface area contributed by atoms with E-state index in [-0.39, 0.29) is 12.1 Å². The van der Waals surface area contributed by atoms with Crippen LogP contribution in [0.1, 0.15) is 25.7 Å². The number of carboxylic acids is 1. The average molecular weight is 222 g/mol. The van der Waals surface area contributed by atoms with Crippen LogP contribution in [0.5, 0.6) is 6.01 Å². The average Bonchev–Trinajstić information content (AvgIpc) is 2.31. The van der Waals surface area contributed by atoms with Gasteiger partial charge in [-0.15, -0.1) is 0 Å². The molecule has 16 heavy (non-hydrogen) atoms. The molecule has 1 aromatic rings. The van der Waals surface area contributed by atoms with Crippen molar-refractivity contribution >= 4 is 5.97 Å². The van der Waals surface area contributed by atoms with Crippen LogP contribution < -0.4 is 4.74 Å². The summed E-state index contributed by atoms with van der Waals surface area (Å²) in [5.41, 5.74) is 0. The van der Waals surface area contributed by atoms with Crippen molar-refractivity contribution in [2.24, 2.45) is 5.92 Å². The molecular weight excluding hydrogens is 208 g/mol. The van der Waals surface area contributed by atoms with Gasteiger partial charge in [0.1, 0.15) is 6.10 Å². The van der Waals surface area contributed by atoms with E-state index >= 15 is 0 Å². The van der Waals surface area contributed by atoms with Crippen molar-refractivity contribution in [3.8, 4) is 6.01 Å². The van der Waals surface area contributed by atoms with E-state index < -0.39 is 11.9 Å². The van der Waals surface area contributed by atoms with E-state index in [1.165, 1.54) is 0 Å². The Kier molecular flexibility index (Phi) is 3.34. The summed E-state index contributed by atoms with van der Waals surface area (Å²) in [5.74, 6) is -1.22. The Morgan fingerprint density at radius 1 is 1.31 bits per heavy atom. The van der Waals surface area contributed by atoms with Crippen LogP contribution in [0.25, 0.3) is 0 Å². The van der Waals surface area contributed by atoms with E-state index in [0.29, 0.717) is 6.42 Å². The molecule has 5 heteroatoms. The summed E-state index contributed by atoms with van der Waals surface area (Å²) in [4.78, 5) is 18.9. The molecule has 1 N–H and O–H groups in total. The highest BCUT2D eigenvalue weighted by Crippen LogP contribution is 2.27.